The highest BCUT2D eigenvalue weighted by molar-refractivity contribution is 7.89. The number of hydrogen-bond donors (Lipinski definition) is 1. The van der Waals surface area contributed by atoms with Crippen molar-refractivity contribution in [3.05, 3.63) is 46.1 Å². The molecular formula is C20H20ClN3O4S3. The van der Waals surface area contributed by atoms with Crippen molar-refractivity contribution in [3.8, 4) is 16.3 Å². The van der Waals surface area contributed by atoms with Crippen molar-refractivity contribution in [2.75, 3.05) is 25.5 Å². The third kappa shape index (κ3) is 4.93. The fraction of sp³-hybridized carbons (Fsp3) is 0.300. The van der Waals surface area contributed by atoms with Crippen LogP contribution in [0, 0.1) is 5.92 Å². The second-order valence-electron chi connectivity index (χ2n) is 6.98. The van der Waals surface area contributed by atoms with Crippen LogP contribution in [-0.2, 0) is 14.8 Å². The number of carbonyl (C=O) groups excluding carboxylic acids is 1. The zero-order valence-electron chi connectivity index (χ0n) is 16.6. The van der Waals surface area contributed by atoms with Crippen molar-refractivity contribution in [2.45, 2.75) is 17.7 Å². The van der Waals surface area contributed by atoms with E-state index in [0.29, 0.717) is 41.1 Å². The Morgan fingerprint density at radius 1 is 1.19 bits per heavy atom. The Balaban J connectivity index is 1.35. The SMILES string of the molecule is COc1ccc(S(=O)(=O)N2CCC(C(=O)Nc3nc(-c4ccc(Cl)s4)cs3)CC2)cc1. The summed E-state index contributed by atoms with van der Waals surface area (Å²) in [4.78, 5) is 18.3. The van der Waals surface area contributed by atoms with Gasteiger partial charge in [-0.2, -0.15) is 4.31 Å². The molecule has 0 spiro atoms. The summed E-state index contributed by atoms with van der Waals surface area (Å²) in [6.07, 6.45) is 0.917. The maximum Gasteiger partial charge on any atom is 0.243 e. The minimum Gasteiger partial charge on any atom is -0.497 e. The average molecular weight is 498 g/mol. The van der Waals surface area contributed by atoms with E-state index in [0.717, 1.165) is 10.6 Å². The molecule has 31 heavy (non-hydrogen) atoms. The molecule has 11 heteroatoms. The van der Waals surface area contributed by atoms with Crippen LogP contribution in [-0.4, -0.2) is 43.8 Å². The lowest BCUT2D eigenvalue weighted by Gasteiger charge is -2.30. The van der Waals surface area contributed by atoms with E-state index in [1.165, 1.54) is 46.2 Å². The van der Waals surface area contributed by atoms with E-state index in [1.807, 2.05) is 17.5 Å². The number of benzene rings is 1. The average Bonchev–Trinajstić information content (AvgIpc) is 3.42. The highest BCUT2D eigenvalue weighted by Crippen LogP contribution is 2.33. The van der Waals surface area contributed by atoms with E-state index in [2.05, 4.69) is 10.3 Å². The summed E-state index contributed by atoms with van der Waals surface area (Å²) >= 11 is 8.76. The molecule has 1 N–H and O–H groups in total. The molecule has 0 radical (unpaired) electrons. The molecule has 0 aliphatic carbocycles. The predicted octanol–water partition coefficient (Wildman–Crippen LogP) is 4.57. The molecule has 0 unspecified atom stereocenters. The second-order valence-corrected chi connectivity index (χ2v) is 11.5. The molecule has 1 aliphatic heterocycles. The van der Waals surface area contributed by atoms with Crippen LogP contribution in [0.1, 0.15) is 12.8 Å². The van der Waals surface area contributed by atoms with E-state index in [1.54, 1.807) is 12.1 Å². The normalized spacial score (nSPS) is 15.7. The number of thiazole rings is 1. The van der Waals surface area contributed by atoms with Gasteiger partial charge in [0, 0.05) is 24.4 Å². The lowest BCUT2D eigenvalue weighted by Crippen LogP contribution is -2.41. The lowest BCUT2D eigenvalue weighted by molar-refractivity contribution is -0.120. The van der Waals surface area contributed by atoms with Crippen molar-refractivity contribution in [3.63, 3.8) is 0 Å². The number of rotatable bonds is 6. The number of hydrogen-bond acceptors (Lipinski definition) is 7. The second kappa shape index (κ2) is 9.25. The van der Waals surface area contributed by atoms with Crippen molar-refractivity contribution >= 4 is 55.3 Å². The van der Waals surface area contributed by atoms with E-state index in [-0.39, 0.29) is 16.7 Å². The van der Waals surface area contributed by atoms with Gasteiger partial charge >= 0.3 is 0 Å². The Hall–Kier alpha value is -1.98. The molecule has 2 aromatic heterocycles. The van der Waals surface area contributed by atoms with Gasteiger partial charge in [0.2, 0.25) is 15.9 Å². The third-order valence-electron chi connectivity index (χ3n) is 5.08. The number of carbonyl (C=O) groups is 1. The summed E-state index contributed by atoms with van der Waals surface area (Å²) < 4.78 is 32.9. The van der Waals surface area contributed by atoms with Crippen LogP contribution < -0.4 is 10.1 Å². The number of sulfonamides is 1. The van der Waals surface area contributed by atoms with Crippen molar-refractivity contribution in [2.24, 2.45) is 5.92 Å². The number of nitrogens with one attached hydrogen (secondary N) is 1. The molecule has 4 rings (SSSR count). The molecule has 1 aromatic carbocycles. The molecule has 1 aliphatic rings. The lowest BCUT2D eigenvalue weighted by atomic mass is 9.97. The monoisotopic (exact) mass is 497 g/mol. The van der Waals surface area contributed by atoms with Crippen molar-refractivity contribution < 1.29 is 17.9 Å². The quantitative estimate of drug-likeness (QED) is 0.538. The Bertz CT molecular complexity index is 1170. The highest BCUT2D eigenvalue weighted by atomic mass is 35.5. The maximum absolute atomic E-state index is 12.9. The van der Waals surface area contributed by atoms with Gasteiger partial charge in [-0.1, -0.05) is 11.6 Å². The van der Waals surface area contributed by atoms with Crippen molar-refractivity contribution in [1.29, 1.82) is 0 Å². The first-order valence-electron chi connectivity index (χ1n) is 9.53. The number of methoxy groups -OCH3 is 1. The van der Waals surface area contributed by atoms with Crippen LogP contribution in [0.2, 0.25) is 4.34 Å². The Labute approximate surface area is 193 Å². The van der Waals surface area contributed by atoms with Gasteiger partial charge in [0.25, 0.3) is 0 Å². The van der Waals surface area contributed by atoms with Gasteiger partial charge in [0.15, 0.2) is 5.13 Å². The summed E-state index contributed by atoms with van der Waals surface area (Å²) in [5, 5.41) is 5.27. The predicted molar refractivity (Wildman–Crippen MR) is 124 cm³/mol. The van der Waals surface area contributed by atoms with Crippen LogP contribution >= 0.6 is 34.3 Å². The van der Waals surface area contributed by atoms with Crippen LogP contribution in [0.15, 0.2) is 46.7 Å². The first-order chi connectivity index (χ1) is 14.9. The van der Waals surface area contributed by atoms with Gasteiger partial charge in [0.05, 0.1) is 26.9 Å². The van der Waals surface area contributed by atoms with Crippen LogP contribution in [0.4, 0.5) is 5.13 Å². The fourth-order valence-corrected chi connectivity index (χ4v) is 6.62. The number of ether oxygens (including phenoxy) is 1. The van der Waals surface area contributed by atoms with E-state index < -0.39 is 10.0 Å². The minimum atomic E-state index is -3.59. The summed E-state index contributed by atoms with van der Waals surface area (Å²) in [5.74, 6) is 0.208. The topological polar surface area (TPSA) is 88.6 Å². The smallest absolute Gasteiger partial charge is 0.243 e. The zero-order valence-corrected chi connectivity index (χ0v) is 19.8. The van der Waals surface area contributed by atoms with E-state index in [9.17, 15) is 13.2 Å². The molecule has 0 atom stereocenters. The molecule has 3 aromatic rings. The summed E-state index contributed by atoms with van der Waals surface area (Å²) in [6, 6.07) is 10.0. The molecule has 7 nitrogen and oxygen atoms in total. The fourth-order valence-electron chi connectivity index (χ4n) is 3.36. The number of aromatic nitrogens is 1. The standard InChI is InChI=1S/C20H20ClN3O4S3/c1-28-14-2-4-15(5-3-14)31(26,27)24-10-8-13(9-11-24)19(25)23-20-22-16(12-29-20)17-6-7-18(21)30-17/h2-7,12-13H,8-11H2,1H3,(H,22,23,25). The number of halogens is 1. The Kier molecular flexibility index (Phi) is 6.63. The largest absolute Gasteiger partial charge is 0.497 e. The third-order valence-corrected chi connectivity index (χ3v) is 9.01. The Morgan fingerprint density at radius 3 is 2.52 bits per heavy atom. The number of piperidine rings is 1. The first kappa shape index (κ1) is 22.2. The van der Waals surface area contributed by atoms with Crippen LogP contribution in [0.3, 0.4) is 0 Å². The molecule has 0 saturated carbocycles. The number of amides is 1. The number of thiophene rings is 1. The maximum atomic E-state index is 12.9. The molecule has 1 saturated heterocycles. The summed E-state index contributed by atoms with van der Waals surface area (Å²) in [7, 11) is -2.06. The molecule has 164 valence electrons. The van der Waals surface area contributed by atoms with Gasteiger partial charge < -0.3 is 10.1 Å². The first-order valence-corrected chi connectivity index (χ1v) is 13.0. The number of anilines is 1. The van der Waals surface area contributed by atoms with Crippen LogP contribution in [0.25, 0.3) is 10.6 Å². The highest BCUT2D eigenvalue weighted by Gasteiger charge is 2.32. The van der Waals surface area contributed by atoms with Gasteiger partial charge in [-0.05, 0) is 49.2 Å². The number of nitrogens with zero attached hydrogens (tertiary/aromatic N) is 2. The Morgan fingerprint density at radius 2 is 1.90 bits per heavy atom. The summed E-state index contributed by atoms with van der Waals surface area (Å²) in [5.41, 5.74) is 0.776. The molecule has 0 bridgehead atoms. The molecule has 1 fully saturated rings. The molecular weight excluding hydrogens is 478 g/mol. The van der Waals surface area contributed by atoms with Crippen LogP contribution in [0.5, 0.6) is 5.75 Å². The van der Waals surface area contributed by atoms with Gasteiger partial charge in [-0.15, -0.1) is 22.7 Å². The molecule has 3 heterocycles. The van der Waals surface area contributed by atoms with Gasteiger partial charge in [-0.25, -0.2) is 13.4 Å². The minimum absolute atomic E-state index is 0.133. The van der Waals surface area contributed by atoms with Crippen molar-refractivity contribution in [1.82, 2.24) is 9.29 Å². The zero-order chi connectivity index (χ0) is 22.0. The van der Waals surface area contributed by atoms with E-state index in [4.69, 9.17) is 16.3 Å². The van der Waals surface area contributed by atoms with E-state index >= 15 is 0 Å². The van der Waals surface area contributed by atoms with Gasteiger partial charge in [0.1, 0.15) is 5.75 Å². The van der Waals surface area contributed by atoms with Gasteiger partial charge in [-0.3, -0.25) is 4.79 Å². The summed E-state index contributed by atoms with van der Waals surface area (Å²) in [6.45, 7) is 0.590. The molecule has 1 amide bonds.